The minimum absolute atomic E-state index is 0. The van der Waals surface area contributed by atoms with Crippen molar-refractivity contribution in [3.8, 4) is 5.75 Å². The van der Waals surface area contributed by atoms with Gasteiger partial charge in [-0.1, -0.05) is 30.6 Å². The SMILES string of the molecule is C.O=C(Nc1ccc(S(=O)(=O)CCOS(=O)(=O)[O-])cc1)c1ccc(N=Nc2c(SOO[O-])cc3c(S(=O)(=O)[O-])c(NC(=O)c4ccc5nc(Cl)c(Cl)nc5c4)ccc3c2O)cc1.[Na+].[Na+].[Na+]. The third-order valence-corrected chi connectivity index (χ3v) is 12.5. The number of phenols is 1. The molecule has 0 spiro atoms. The van der Waals surface area contributed by atoms with Gasteiger partial charge in [0.15, 0.2) is 25.9 Å². The van der Waals surface area contributed by atoms with Crippen LogP contribution in [0.15, 0.2) is 110 Å². The molecule has 0 unspecified atom stereocenters. The number of rotatable bonds is 15. The number of fused-ring (bicyclic) bond motifs is 2. The van der Waals surface area contributed by atoms with Crippen LogP contribution in [-0.2, 0) is 43.9 Å². The summed E-state index contributed by atoms with van der Waals surface area (Å²) in [5, 5.41) is 37.5. The maximum Gasteiger partial charge on any atom is 1.00 e. The zero-order chi connectivity index (χ0) is 44.3. The van der Waals surface area contributed by atoms with Gasteiger partial charge in [0.25, 0.3) is 11.8 Å². The Morgan fingerprint density at radius 2 is 1.35 bits per heavy atom. The van der Waals surface area contributed by atoms with Gasteiger partial charge in [0.05, 0.1) is 61.5 Å². The fourth-order valence-corrected chi connectivity index (χ4v) is 8.48. The number of nitrogens with zero attached hydrogens (tertiary/aromatic N) is 4. The van der Waals surface area contributed by atoms with Crippen molar-refractivity contribution in [1.82, 2.24) is 9.97 Å². The summed E-state index contributed by atoms with van der Waals surface area (Å²) in [6.45, 7) is -0.879. The largest absolute Gasteiger partial charge is 1.00 e. The van der Waals surface area contributed by atoms with Crippen LogP contribution in [0.4, 0.5) is 22.7 Å². The molecule has 0 fully saturated rings. The second-order valence-corrected chi connectivity index (χ2v) is 18.0. The van der Waals surface area contributed by atoms with Crippen LogP contribution in [0.5, 0.6) is 5.75 Å². The van der Waals surface area contributed by atoms with E-state index in [0.717, 1.165) is 24.3 Å². The van der Waals surface area contributed by atoms with Crippen molar-refractivity contribution in [3.05, 3.63) is 106 Å². The fourth-order valence-electron chi connectivity index (χ4n) is 5.42. The molecular formula is C35H25Cl2N6Na3O15S4. The van der Waals surface area contributed by atoms with E-state index in [1.54, 1.807) is 0 Å². The summed E-state index contributed by atoms with van der Waals surface area (Å²) in [7, 11) is -14.5. The quantitative estimate of drug-likeness (QED) is 0.0173. The number of halogens is 2. The second-order valence-electron chi connectivity index (χ2n) is 12.0. The molecule has 65 heavy (non-hydrogen) atoms. The summed E-state index contributed by atoms with van der Waals surface area (Å²) in [5.74, 6) is -3.03. The molecule has 0 aliphatic heterocycles. The van der Waals surface area contributed by atoms with Gasteiger partial charge >= 0.3 is 88.7 Å². The van der Waals surface area contributed by atoms with Crippen LogP contribution in [0.2, 0.25) is 10.3 Å². The predicted octanol–water partition coefficient (Wildman–Crippen LogP) is -3.25. The topological polar surface area (TPSA) is 328 Å². The van der Waals surface area contributed by atoms with Gasteiger partial charge in [0, 0.05) is 27.6 Å². The third kappa shape index (κ3) is 15.0. The zero-order valence-electron chi connectivity index (χ0n) is 32.8. The van der Waals surface area contributed by atoms with Gasteiger partial charge in [0.1, 0.15) is 15.8 Å². The van der Waals surface area contributed by atoms with Crippen molar-refractivity contribution in [2.45, 2.75) is 22.1 Å². The van der Waals surface area contributed by atoms with Crippen LogP contribution in [0.1, 0.15) is 28.1 Å². The summed E-state index contributed by atoms with van der Waals surface area (Å²) in [6.07, 6.45) is 0. The summed E-state index contributed by atoms with van der Waals surface area (Å²) < 4.78 is 103. The summed E-state index contributed by atoms with van der Waals surface area (Å²) in [5.41, 5.74) is -0.0162. The average Bonchev–Trinajstić information content (AvgIpc) is 3.19. The number of carbonyl (C=O) groups excluding carboxylic acids is 2. The number of hydrogen-bond donors (Lipinski definition) is 3. The minimum Gasteiger partial charge on any atom is -0.744 e. The van der Waals surface area contributed by atoms with E-state index in [1.807, 2.05) is 0 Å². The monoisotopic (exact) mass is 1040 g/mol. The number of aromatic nitrogens is 2. The minimum atomic E-state index is -5.42. The average molecular weight is 1040 g/mol. The molecule has 0 bridgehead atoms. The number of amides is 2. The van der Waals surface area contributed by atoms with Crippen molar-refractivity contribution < 1.29 is 157 Å². The van der Waals surface area contributed by atoms with Crippen LogP contribution in [0, 0.1) is 0 Å². The first-order valence-corrected chi connectivity index (χ1v) is 22.3. The Bertz CT molecular complexity index is 3110. The molecule has 0 aliphatic carbocycles. The molecule has 326 valence electrons. The molecule has 30 heteroatoms. The van der Waals surface area contributed by atoms with E-state index in [-0.39, 0.29) is 167 Å². The number of carbonyl (C=O) groups is 2. The summed E-state index contributed by atoms with van der Waals surface area (Å²) in [6, 6.07) is 17.5. The summed E-state index contributed by atoms with van der Waals surface area (Å²) >= 11 is 12.0. The van der Waals surface area contributed by atoms with Crippen LogP contribution >= 0.6 is 35.2 Å². The maximum atomic E-state index is 13.3. The molecule has 0 aliphatic rings. The molecule has 2 amide bonds. The molecular weight excluding hydrogens is 1010 g/mol. The first-order valence-electron chi connectivity index (χ1n) is 16.4. The third-order valence-electron chi connectivity index (χ3n) is 8.13. The number of azo groups is 1. The van der Waals surface area contributed by atoms with E-state index in [9.17, 15) is 54.3 Å². The normalized spacial score (nSPS) is 11.5. The van der Waals surface area contributed by atoms with E-state index in [1.165, 1.54) is 60.7 Å². The maximum absolute atomic E-state index is 13.3. The molecule has 6 rings (SSSR count). The van der Waals surface area contributed by atoms with Crippen LogP contribution in [0.3, 0.4) is 0 Å². The molecule has 5 aromatic carbocycles. The molecule has 0 atom stereocenters. The Morgan fingerprint density at radius 1 is 0.754 bits per heavy atom. The van der Waals surface area contributed by atoms with Crippen LogP contribution < -0.4 is 105 Å². The Morgan fingerprint density at radius 3 is 1.95 bits per heavy atom. The van der Waals surface area contributed by atoms with Gasteiger partial charge in [-0.15, -0.1) is 5.11 Å². The molecule has 0 saturated heterocycles. The fraction of sp³-hybridized carbons (Fsp3) is 0.0857. The van der Waals surface area contributed by atoms with Crippen molar-refractivity contribution in [3.63, 3.8) is 0 Å². The number of nitrogens with one attached hydrogen (secondary N) is 2. The number of aromatic hydroxyl groups is 1. The van der Waals surface area contributed by atoms with Gasteiger partial charge in [-0.25, -0.2) is 35.2 Å². The predicted molar refractivity (Wildman–Crippen MR) is 219 cm³/mol. The Kier molecular flexibility index (Phi) is 22.3. The Labute approximate surface area is 450 Å². The molecule has 0 radical (unpaired) electrons. The van der Waals surface area contributed by atoms with Crippen molar-refractivity contribution >= 4 is 122 Å². The van der Waals surface area contributed by atoms with Crippen LogP contribution in [-0.4, -0.2) is 73.6 Å². The zero-order valence-corrected chi connectivity index (χ0v) is 43.6. The van der Waals surface area contributed by atoms with Gasteiger partial charge in [0.2, 0.25) is 10.4 Å². The number of benzene rings is 5. The molecule has 1 aromatic heterocycles. The number of sulfone groups is 1. The molecule has 6 aromatic rings. The van der Waals surface area contributed by atoms with E-state index in [2.05, 4.69) is 44.4 Å². The Hall–Kier alpha value is -2.42. The number of anilines is 2. The first-order chi connectivity index (χ1) is 28.7. The van der Waals surface area contributed by atoms with Gasteiger partial charge in [-0.05, 0) is 84.9 Å². The van der Waals surface area contributed by atoms with E-state index >= 15 is 0 Å². The first kappa shape index (κ1) is 58.7. The van der Waals surface area contributed by atoms with Gasteiger partial charge in [-0.2, -0.15) is 9.45 Å². The van der Waals surface area contributed by atoms with E-state index < -0.39 is 76.2 Å². The second kappa shape index (κ2) is 24.7. The number of hydrogen-bond acceptors (Lipinski definition) is 20. The van der Waals surface area contributed by atoms with Crippen molar-refractivity contribution in [2.24, 2.45) is 10.2 Å². The van der Waals surface area contributed by atoms with Gasteiger partial charge < -0.3 is 30.1 Å². The Balaban J connectivity index is 0.00000363. The molecule has 1 heterocycles. The van der Waals surface area contributed by atoms with E-state index in [4.69, 9.17) is 23.2 Å². The van der Waals surface area contributed by atoms with Crippen LogP contribution in [0.25, 0.3) is 21.8 Å². The number of phenolic OH excluding ortho intramolecular Hbond substituents is 1. The van der Waals surface area contributed by atoms with Crippen molar-refractivity contribution in [1.29, 1.82) is 0 Å². The van der Waals surface area contributed by atoms with Gasteiger partial charge in [-0.3, -0.25) is 18.8 Å². The van der Waals surface area contributed by atoms with E-state index in [0.29, 0.717) is 5.52 Å². The smallest absolute Gasteiger partial charge is 0.744 e. The molecule has 0 saturated carbocycles. The standard InChI is InChI=1S/C34H24Cl2N6O15S4.CH4.3Na/c35-31-32(36)39-26-15-18(3-11-24(26)38-31)34(45)40-25-12-10-22-23(30(25)60(49,50)51)16-27(58-57-56-46)28(29(22)43)42-41-20-4-1-17(2-5-20)33(44)37-19-6-8-21(9-7-19)59(47,48)14-13-55-61(52,53)54;;;;/h1-12,15-16,43,46H,13-14H2,(H,37,44)(H,40,45)(H,49,50,51)(H,52,53,54);1H4;;;/q;;3*+1/p-3. The summed E-state index contributed by atoms with van der Waals surface area (Å²) in [4.78, 5) is 32.8. The molecule has 21 nitrogen and oxygen atoms in total. The molecule has 3 N–H and O–H groups in total. The van der Waals surface area contributed by atoms with Crippen molar-refractivity contribution in [2.75, 3.05) is 23.0 Å².